The van der Waals surface area contributed by atoms with Crippen LogP contribution in [0, 0.1) is 27.7 Å². The van der Waals surface area contributed by atoms with Gasteiger partial charge in [-0.25, -0.2) is 0 Å². The Labute approximate surface area is 149 Å². The van der Waals surface area contributed by atoms with E-state index in [0.717, 1.165) is 38.6 Å². The normalized spacial score (nSPS) is 11.8. The van der Waals surface area contributed by atoms with Gasteiger partial charge in [0.25, 0.3) is 0 Å². The van der Waals surface area contributed by atoms with E-state index >= 15 is 0 Å². The number of rotatable bonds is 0. The van der Waals surface area contributed by atoms with Crippen molar-refractivity contribution in [2.45, 2.75) is 41.5 Å². The summed E-state index contributed by atoms with van der Waals surface area (Å²) in [5.74, 6) is 0.201. The Morgan fingerprint density at radius 2 is 1.24 bits per heavy atom. The van der Waals surface area contributed by atoms with Crippen molar-refractivity contribution in [2.75, 3.05) is 0 Å². The summed E-state index contributed by atoms with van der Waals surface area (Å²) in [6, 6.07) is 9.35. The first-order chi connectivity index (χ1) is 11.9. The molecule has 0 spiro atoms. The van der Waals surface area contributed by atoms with Crippen molar-refractivity contribution < 1.29 is 9.90 Å². The molecule has 2 heteroatoms. The maximum atomic E-state index is 12.7. The van der Waals surface area contributed by atoms with Gasteiger partial charge in [0.15, 0.2) is 5.78 Å². The van der Waals surface area contributed by atoms with Crippen molar-refractivity contribution in [2.24, 2.45) is 0 Å². The maximum Gasteiger partial charge on any atom is 0.194 e. The molecule has 0 saturated heterocycles. The van der Waals surface area contributed by atoms with E-state index in [0.29, 0.717) is 5.56 Å². The molecule has 0 unspecified atom stereocenters. The minimum absolute atomic E-state index is 0.00285. The van der Waals surface area contributed by atoms with Gasteiger partial charge in [-0.2, -0.15) is 0 Å². The predicted molar refractivity (Wildman–Crippen MR) is 105 cm³/mol. The van der Waals surface area contributed by atoms with Gasteiger partial charge in [0.05, 0.1) is 0 Å². The van der Waals surface area contributed by atoms with E-state index in [-0.39, 0.29) is 11.5 Å². The minimum Gasteiger partial charge on any atom is -0.507 e. The van der Waals surface area contributed by atoms with Crippen molar-refractivity contribution in [1.82, 2.24) is 0 Å². The zero-order valence-electron chi connectivity index (χ0n) is 15.7. The Morgan fingerprint density at radius 3 is 1.84 bits per heavy atom. The molecule has 1 N–H and O–H groups in total. The summed E-state index contributed by atoms with van der Waals surface area (Å²) in [5.41, 5.74) is 7.93. The third-order valence-electron chi connectivity index (χ3n) is 5.43. The smallest absolute Gasteiger partial charge is 0.194 e. The molecule has 128 valence electrons. The number of aromatic hydroxyl groups is 1. The maximum absolute atomic E-state index is 12.7. The highest BCUT2D eigenvalue weighted by Gasteiger charge is 2.30. The van der Waals surface area contributed by atoms with Crippen molar-refractivity contribution >= 4 is 16.6 Å². The molecule has 0 radical (unpaired) electrons. The number of fused-ring (bicyclic) bond motifs is 5. The third kappa shape index (κ3) is 2.21. The molecule has 0 saturated carbocycles. The van der Waals surface area contributed by atoms with Crippen LogP contribution in [0.5, 0.6) is 5.75 Å². The van der Waals surface area contributed by atoms with Crippen LogP contribution in [-0.4, -0.2) is 10.9 Å². The van der Waals surface area contributed by atoms with E-state index in [1.165, 1.54) is 11.1 Å². The summed E-state index contributed by atoms with van der Waals surface area (Å²) < 4.78 is 0. The van der Waals surface area contributed by atoms with Crippen molar-refractivity contribution in [1.29, 1.82) is 0 Å². The van der Waals surface area contributed by atoms with Gasteiger partial charge in [-0.15, -0.1) is 0 Å². The number of hydrogen-bond acceptors (Lipinski definition) is 2. The van der Waals surface area contributed by atoms with Gasteiger partial charge in [-0.1, -0.05) is 38.1 Å². The lowest BCUT2D eigenvalue weighted by molar-refractivity contribution is 0.104. The molecule has 0 aliphatic heterocycles. The summed E-state index contributed by atoms with van der Waals surface area (Å²) in [6.45, 7) is 12.3. The zero-order chi connectivity index (χ0) is 18.5. The summed E-state index contributed by atoms with van der Waals surface area (Å²) in [7, 11) is 0. The number of aryl methyl sites for hydroxylation is 2. The standard InChI is InChI=1S/C21H18O2.C2H6/c1-10-11(2)13(4)19-18(12(10)3)17(22)9-16-20(19)14-7-5-6-8-15(14)21(16)23;1-2/h5-9,22H,1-4H3;1-2H3. The monoisotopic (exact) mass is 332 g/mol. The van der Waals surface area contributed by atoms with Gasteiger partial charge < -0.3 is 5.11 Å². The van der Waals surface area contributed by atoms with E-state index < -0.39 is 0 Å². The second-order valence-corrected chi connectivity index (χ2v) is 6.44. The topological polar surface area (TPSA) is 37.3 Å². The van der Waals surface area contributed by atoms with Crippen molar-refractivity contribution in [3.8, 4) is 16.9 Å². The molecule has 1 aliphatic rings. The van der Waals surface area contributed by atoms with E-state index in [1.807, 2.05) is 45.0 Å². The number of benzene rings is 3. The molecule has 2 nitrogen and oxygen atoms in total. The molecular weight excluding hydrogens is 308 g/mol. The first-order valence-corrected chi connectivity index (χ1v) is 8.83. The second kappa shape index (κ2) is 6.03. The molecule has 0 bridgehead atoms. The van der Waals surface area contributed by atoms with Gasteiger partial charge in [-0.05, 0) is 67.0 Å². The molecular formula is C23H24O2. The lowest BCUT2D eigenvalue weighted by Crippen LogP contribution is -1.99. The van der Waals surface area contributed by atoms with Crippen LogP contribution in [0.1, 0.15) is 52.0 Å². The lowest BCUT2D eigenvalue weighted by atomic mass is 9.86. The summed E-state index contributed by atoms with van der Waals surface area (Å²) in [6.07, 6.45) is 0. The third-order valence-corrected chi connectivity index (χ3v) is 5.43. The molecule has 0 fully saturated rings. The van der Waals surface area contributed by atoms with Crippen LogP contribution in [0.3, 0.4) is 0 Å². The zero-order valence-corrected chi connectivity index (χ0v) is 15.7. The fraction of sp³-hybridized carbons (Fsp3) is 0.261. The van der Waals surface area contributed by atoms with Crippen LogP contribution in [-0.2, 0) is 0 Å². The number of phenolic OH excluding ortho intramolecular Hbond substituents is 1. The lowest BCUT2D eigenvalue weighted by Gasteiger charge is -2.18. The summed E-state index contributed by atoms with van der Waals surface area (Å²) in [4.78, 5) is 12.7. The van der Waals surface area contributed by atoms with Gasteiger partial charge in [0.1, 0.15) is 5.75 Å². The van der Waals surface area contributed by atoms with Gasteiger partial charge in [0, 0.05) is 22.1 Å². The average molecular weight is 332 g/mol. The molecule has 0 atom stereocenters. The molecule has 4 rings (SSSR count). The van der Waals surface area contributed by atoms with Gasteiger partial charge >= 0.3 is 0 Å². The summed E-state index contributed by atoms with van der Waals surface area (Å²) in [5, 5.41) is 12.5. The quantitative estimate of drug-likeness (QED) is 0.428. The van der Waals surface area contributed by atoms with Crippen molar-refractivity contribution in [3.63, 3.8) is 0 Å². The summed E-state index contributed by atoms with van der Waals surface area (Å²) >= 11 is 0. The van der Waals surface area contributed by atoms with Gasteiger partial charge in [0.2, 0.25) is 0 Å². The van der Waals surface area contributed by atoms with Crippen LogP contribution in [0.25, 0.3) is 21.9 Å². The van der Waals surface area contributed by atoms with Crippen LogP contribution >= 0.6 is 0 Å². The highest BCUT2D eigenvalue weighted by atomic mass is 16.3. The number of phenols is 1. The Bertz CT molecular complexity index is 1030. The van der Waals surface area contributed by atoms with Gasteiger partial charge in [-0.3, -0.25) is 4.79 Å². The Kier molecular flexibility index (Phi) is 4.16. The number of ketones is 1. The van der Waals surface area contributed by atoms with Crippen molar-refractivity contribution in [3.05, 3.63) is 63.7 Å². The SMILES string of the molecule is CC.Cc1c(C)c(C)c2c3c(cc(O)c2c1C)C(=O)c1ccccc1-3. The van der Waals surface area contributed by atoms with E-state index in [1.54, 1.807) is 6.07 Å². The number of hydrogen-bond donors (Lipinski definition) is 1. The fourth-order valence-electron chi connectivity index (χ4n) is 3.86. The second-order valence-electron chi connectivity index (χ2n) is 6.44. The predicted octanol–water partition coefficient (Wildman–Crippen LogP) is 6.02. The number of carbonyl (C=O) groups excluding carboxylic acids is 1. The fourth-order valence-corrected chi connectivity index (χ4v) is 3.86. The average Bonchev–Trinajstić information content (AvgIpc) is 2.91. The molecule has 25 heavy (non-hydrogen) atoms. The Balaban J connectivity index is 0.000000880. The molecule has 1 aliphatic carbocycles. The molecule has 0 aromatic heterocycles. The van der Waals surface area contributed by atoms with Crippen LogP contribution in [0.4, 0.5) is 0 Å². The molecule has 0 amide bonds. The Hall–Kier alpha value is -2.61. The minimum atomic E-state index is 0.00285. The first kappa shape index (κ1) is 17.2. The Morgan fingerprint density at radius 1 is 0.720 bits per heavy atom. The number of carbonyl (C=O) groups is 1. The van der Waals surface area contributed by atoms with Crippen LogP contribution in [0.2, 0.25) is 0 Å². The van der Waals surface area contributed by atoms with E-state index in [4.69, 9.17) is 0 Å². The van der Waals surface area contributed by atoms with Crippen LogP contribution in [0.15, 0.2) is 30.3 Å². The highest BCUT2D eigenvalue weighted by Crippen LogP contribution is 2.47. The van der Waals surface area contributed by atoms with Crippen LogP contribution < -0.4 is 0 Å². The van der Waals surface area contributed by atoms with E-state index in [2.05, 4.69) is 20.8 Å². The van der Waals surface area contributed by atoms with E-state index in [9.17, 15) is 9.90 Å². The molecule has 0 heterocycles. The molecule has 3 aromatic carbocycles. The molecule has 3 aromatic rings. The first-order valence-electron chi connectivity index (χ1n) is 8.83. The largest absolute Gasteiger partial charge is 0.507 e. The highest BCUT2D eigenvalue weighted by molar-refractivity contribution is 6.27.